The Morgan fingerprint density at radius 3 is 2.47 bits per heavy atom. The maximum absolute atomic E-state index is 13.0. The lowest BCUT2D eigenvalue weighted by atomic mass is 10.0. The summed E-state index contributed by atoms with van der Waals surface area (Å²) in [5.74, 6) is 0.559. The van der Waals surface area contributed by atoms with Crippen LogP contribution in [0.3, 0.4) is 0 Å². The number of thioether (sulfide) groups is 1. The Kier molecular flexibility index (Phi) is 8.08. The molecule has 0 radical (unpaired) electrons. The van der Waals surface area contributed by atoms with Crippen LogP contribution >= 0.6 is 23.4 Å². The van der Waals surface area contributed by atoms with E-state index in [1.54, 1.807) is 23.9 Å². The van der Waals surface area contributed by atoms with Gasteiger partial charge in [-0.3, -0.25) is 4.98 Å². The molecule has 0 amide bonds. The summed E-state index contributed by atoms with van der Waals surface area (Å²) in [7, 11) is 0. The fraction of sp³-hybridized carbons (Fsp3) is 0.240. The van der Waals surface area contributed by atoms with Gasteiger partial charge in [-0.25, -0.2) is 4.39 Å². The molecule has 0 aliphatic carbocycles. The quantitative estimate of drug-likeness (QED) is 0.449. The number of nitrogens with zero attached hydrogens (tertiary/aromatic N) is 1. The summed E-state index contributed by atoms with van der Waals surface area (Å²) in [6, 6.07) is 14.7. The van der Waals surface area contributed by atoms with Gasteiger partial charge in [0.15, 0.2) is 0 Å². The highest BCUT2D eigenvalue weighted by Gasteiger charge is 2.15. The summed E-state index contributed by atoms with van der Waals surface area (Å²) in [5.41, 5.74) is 5.78. The minimum absolute atomic E-state index is 0. The van der Waals surface area contributed by atoms with Crippen molar-refractivity contribution in [3.63, 3.8) is 0 Å². The molecule has 2 nitrogen and oxygen atoms in total. The van der Waals surface area contributed by atoms with E-state index < -0.39 is 0 Å². The molecule has 0 unspecified atom stereocenters. The Hall–Kier alpha value is -2.14. The van der Waals surface area contributed by atoms with Crippen LogP contribution < -0.4 is 5.32 Å². The zero-order valence-electron chi connectivity index (χ0n) is 16.0. The first kappa shape index (κ1) is 22.5. The number of hydrogen-bond donors (Lipinski definition) is 1. The highest BCUT2D eigenvalue weighted by atomic mass is 35.5. The highest BCUT2D eigenvalue weighted by molar-refractivity contribution is 7.98. The lowest BCUT2D eigenvalue weighted by molar-refractivity contribution is 0.628. The molecule has 5 heteroatoms. The van der Waals surface area contributed by atoms with Gasteiger partial charge < -0.3 is 5.32 Å². The zero-order chi connectivity index (χ0) is 20.1. The molecule has 156 valence electrons. The Morgan fingerprint density at radius 1 is 0.967 bits per heavy atom. The van der Waals surface area contributed by atoms with Crippen LogP contribution in [-0.2, 0) is 18.6 Å². The maximum Gasteiger partial charge on any atom is 0.123 e. The standard InChI is InChI=1S/C24H22ClFN2S.CH4/c25-23-10-6-19-11-13-27-14-12-22(19)24(23)29-16-21-9-5-18(15-28-21)2-1-17-3-7-20(26)8-4-17;/h1-10,15,27H,11-14,16H2;1H4/b2-1-;. The molecule has 0 saturated heterocycles. The Labute approximate surface area is 187 Å². The van der Waals surface area contributed by atoms with Gasteiger partial charge in [0.25, 0.3) is 0 Å². The van der Waals surface area contributed by atoms with Crippen LogP contribution in [0.2, 0.25) is 5.02 Å². The summed E-state index contributed by atoms with van der Waals surface area (Å²) in [4.78, 5) is 5.78. The van der Waals surface area contributed by atoms with Gasteiger partial charge in [0.05, 0.1) is 10.7 Å². The first-order valence-electron chi connectivity index (χ1n) is 9.71. The average Bonchev–Trinajstić information content (AvgIpc) is 2.99. The van der Waals surface area contributed by atoms with E-state index in [2.05, 4.69) is 28.5 Å². The molecule has 0 spiro atoms. The van der Waals surface area contributed by atoms with Crippen molar-refractivity contribution in [1.29, 1.82) is 0 Å². The normalized spacial score (nSPS) is 13.5. The molecule has 0 fully saturated rings. The fourth-order valence-electron chi connectivity index (χ4n) is 3.40. The number of fused-ring (bicyclic) bond motifs is 1. The monoisotopic (exact) mass is 440 g/mol. The Balaban J connectivity index is 0.00000256. The van der Waals surface area contributed by atoms with Gasteiger partial charge >= 0.3 is 0 Å². The highest BCUT2D eigenvalue weighted by Crippen LogP contribution is 2.35. The second kappa shape index (κ2) is 10.8. The largest absolute Gasteiger partial charge is 0.316 e. The number of benzene rings is 2. The average molecular weight is 441 g/mol. The third-order valence-corrected chi connectivity index (χ3v) is 6.60. The second-order valence-electron chi connectivity index (χ2n) is 7.02. The van der Waals surface area contributed by atoms with Crippen LogP contribution in [0.1, 0.15) is 35.4 Å². The SMILES string of the molecule is C.Fc1ccc(/C=C\c2ccc(CSc3c(Cl)ccc4c3CCNCC4)nc2)cc1. The van der Waals surface area contributed by atoms with E-state index >= 15 is 0 Å². The van der Waals surface area contributed by atoms with Crippen molar-refractivity contribution in [1.82, 2.24) is 10.3 Å². The number of halogens is 2. The predicted octanol–water partition coefficient (Wildman–Crippen LogP) is 6.66. The van der Waals surface area contributed by atoms with E-state index in [-0.39, 0.29) is 13.2 Å². The summed E-state index contributed by atoms with van der Waals surface area (Å²) in [6.45, 7) is 2.02. The predicted molar refractivity (Wildman–Crippen MR) is 128 cm³/mol. The van der Waals surface area contributed by atoms with Crippen LogP contribution in [0.5, 0.6) is 0 Å². The van der Waals surface area contributed by atoms with Crippen LogP contribution in [0.25, 0.3) is 12.2 Å². The minimum Gasteiger partial charge on any atom is -0.316 e. The van der Waals surface area contributed by atoms with Gasteiger partial charge in [0.2, 0.25) is 0 Å². The molecule has 2 aromatic carbocycles. The number of nitrogens with one attached hydrogen (secondary N) is 1. The molecular weight excluding hydrogens is 415 g/mol. The van der Waals surface area contributed by atoms with E-state index in [1.165, 1.54) is 28.2 Å². The Morgan fingerprint density at radius 2 is 1.70 bits per heavy atom. The number of rotatable bonds is 5. The molecule has 0 atom stereocenters. The van der Waals surface area contributed by atoms with E-state index in [1.807, 2.05) is 24.4 Å². The lowest BCUT2D eigenvalue weighted by Gasteiger charge is -2.13. The molecular formula is C25H26ClFN2S. The maximum atomic E-state index is 13.0. The first-order chi connectivity index (χ1) is 14.2. The molecule has 30 heavy (non-hydrogen) atoms. The molecule has 0 saturated carbocycles. The van der Waals surface area contributed by atoms with E-state index in [4.69, 9.17) is 11.6 Å². The van der Waals surface area contributed by atoms with Crippen LogP contribution in [0, 0.1) is 5.82 Å². The van der Waals surface area contributed by atoms with Crippen molar-refractivity contribution < 1.29 is 4.39 Å². The Bertz CT molecular complexity index is 1000. The molecule has 2 heterocycles. The van der Waals surface area contributed by atoms with E-state index in [9.17, 15) is 4.39 Å². The summed E-state index contributed by atoms with van der Waals surface area (Å²) in [6.07, 6.45) is 7.87. The van der Waals surface area contributed by atoms with Crippen molar-refractivity contribution in [3.8, 4) is 0 Å². The molecule has 1 aliphatic heterocycles. The van der Waals surface area contributed by atoms with Crippen molar-refractivity contribution in [2.75, 3.05) is 13.1 Å². The van der Waals surface area contributed by atoms with Gasteiger partial charge in [-0.2, -0.15) is 0 Å². The topological polar surface area (TPSA) is 24.9 Å². The van der Waals surface area contributed by atoms with Crippen LogP contribution in [0.4, 0.5) is 4.39 Å². The third-order valence-electron chi connectivity index (χ3n) is 4.98. The summed E-state index contributed by atoms with van der Waals surface area (Å²) < 4.78 is 13.0. The van der Waals surface area contributed by atoms with Gasteiger partial charge in [0, 0.05) is 16.8 Å². The molecule has 3 aromatic rings. The molecule has 1 aromatic heterocycles. The molecule has 1 aliphatic rings. The molecule has 4 rings (SSSR count). The number of hydrogen-bond acceptors (Lipinski definition) is 3. The van der Waals surface area contributed by atoms with Gasteiger partial charge in [0.1, 0.15) is 5.82 Å². The van der Waals surface area contributed by atoms with E-state index in [0.717, 1.165) is 53.5 Å². The van der Waals surface area contributed by atoms with Crippen molar-refractivity contribution in [3.05, 3.63) is 93.5 Å². The van der Waals surface area contributed by atoms with Crippen molar-refractivity contribution in [2.45, 2.75) is 30.9 Å². The van der Waals surface area contributed by atoms with Gasteiger partial charge in [-0.1, -0.05) is 55.4 Å². The summed E-state index contributed by atoms with van der Waals surface area (Å²) >= 11 is 8.29. The number of aromatic nitrogens is 1. The van der Waals surface area contributed by atoms with Crippen LogP contribution in [0.15, 0.2) is 59.6 Å². The minimum atomic E-state index is -0.225. The van der Waals surface area contributed by atoms with Crippen molar-refractivity contribution >= 4 is 35.5 Å². The van der Waals surface area contributed by atoms with Gasteiger partial charge in [-0.05, 0) is 72.5 Å². The smallest absolute Gasteiger partial charge is 0.123 e. The van der Waals surface area contributed by atoms with Crippen molar-refractivity contribution in [2.24, 2.45) is 0 Å². The molecule has 1 N–H and O–H groups in total. The number of pyridine rings is 1. The second-order valence-corrected chi connectivity index (χ2v) is 8.41. The lowest BCUT2D eigenvalue weighted by Crippen LogP contribution is -2.16. The van der Waals surface area contributed by atoms with E-state index in [0.29, 0.717) is 0 Å². The fourth-order valence-corrected chi connectivity index (χ4v) is 4.82. The molecule has 0 bridgehead atoms. The zero-order valence-corrected chi connectivity index (χ0v) is 17.6. The third kappa shape index (κ3) is 5.72. The van der Waals surface area contributed by atoms with Crippen LogP contribution in [-0.4, -0.2) is 18.1 Å². The summed E-state index contributed by atoms with van der Waals surface area (Å²) in [5, 5.41) is 4.29. The van der Waals surface area contributed by atoms with Gasteiger partial charge in [-0.15, -0.1) is 11.8 Å². The first-order valence-corrected chi connectivity index (χ1v) is 11.1.